The minimum atomic E-state index is -0.839. The number of aliphatic carboxylic acids is 1. The Kier molecular flexibility index (Phi) is 3.34. The molecule has 1 amide bonds. The minimum absolute atomic E-state index is 0.0269. The molecule has 3 aliphatic carbocycles. The molecule has 2 fully saturated rings. The van der Waals surface area contributed by atoms with E-state index in [1.54, 1.807) is 0 Å². The van der Waals surface area contributed by atoms with Gasteiger partial charge in [0.15, 0.2) is 0 Å². The van der Waals surface area contributed by atoms with Crippen LogP contribution in [0.1, 0.15) is 38.2 Å². The number of carboxylic acids is 1. The van der Waals surface area contributed by atoms with E-state index in [0.717, 1.165) is 18.5 Å². The molecule has 4 unspecified atom stereocenters. The fourth-order valence-corrected chi connectivity index (χ4v) is 4.87. The Hall–Kier alpha value is -2.10. The fraction of sp³-hybridized carbons (Fsp3) is 0.500. The third kappa shape index (κ3) is 2.12. The molecule has 0 heterocycles. The molecule has 2 saturated carbocycles. The van der Waals surface area contributed by atoms with Crippen molar-refractivity contribution < 1.29 is 14.7 Å². The summed E-state index contributed by atoms with van der Waals surface area (Å²) in [6, 6.07) is 7.83. The molecule has 1 aromatic carbocycles. The molecule has 2 bridgehead atoms. The van der Waals surface area contributed by atoms with Gasteiger partial charge < -0.3 is 10.4 Å². The van der Waals surface area contributed by atoms with Crippen LogP contribution in [0.2, 0.25) is 0 Å². The first kappa shape index (κ1) is 15.4. The van der Waals surface area contributed by atoms with Crippen molar-refractivity contribution in [3.63, 3.8) is 0 Å². The van der Waals surface area contributed by atoms with Gasteiger partial charge in [-0.2, -0.15) is 0 Å². The Morgan fingerprint density at radius 3 is 2.17 bits per heavy atom. The third-order valence-electron chi connectivity index (χ3n) is 6.27. The first-order valence-corrected chi connectivity index (χ1v) is 8.76. The summed E-state index contributed by atoms with van der Waals surface area (Å²) in [5, 5.41) is 12.6. The monoisotopic (exact) mass is 325 g/mol. The van der Waals surface area contributed by atoms with Crippen molar-refractivity contribution in [3.05, 3.63) is 42.0 Å². The summed E-state index contributed by atoms with van der Waals surface area (Å²) in [5.41, 5.74) is 2.02. The van der Waals surface area contributed by atoms with Crippen LogP contribution in [0.4, 0.5) is 5.69 Å². The molecule has 4 rings (SSSR count). The van der Waals surface area contributed by atoms with E-state index in [0.29, 0.717) is 5.92 Å². The van der Waals surface area contributed by atoms with Crippen LogP contribution in [0.5, 0.6) is 0 Å². The smallest absolute Gasteiger partial charge is 0.307 e. The summed E-state index contributed by atoms with van der Waals surface area (Å²) in [5.74, 6) is -1.48. The second-order valence-electron chi connectivity index (χ2n) is 7.83. The second kappa shape index (κ2) is 5.20. The van der Waals surface area contributed by atoms with Crippen molar-refractivity contribution in [1.29, 1.82) is 0 Å². The highest BCUT2D eigenvalue weighted by Crippen LogP contribution is 2.72. The molecule has 0 radical (unpaired) electrons. The predicted molar refractivity (Wildman–Crippen MR) is 91.6 cm³/mol. The molecule has 126 valence electrons. The lowest BCUT2D eigenvalue weighted by Gasteiger charge is -2.23. The first-order valence-electron chi connectivity index (χ1n) is 8.76. The van der Waals surface area contributed by atoms with Gasteiger partial charge in [-0.15, -0.1) is 0 Å². The van der Waals surface area contributed by atoms with Gasteiger partial charge in [0, 0.05) is 5.69 Å². The number of carboxylic acid groups (broad SMARTS) is 1. The number of carbonyl (C=O) groups is 2. The number of hydrogen-bond donors (Lipinski definition) is 2. The number of allylic oxidation sites excluding steroid dienone is 2. The maximum atomic E-state index is 12.8. The molecule has 4 heteroatoms. The van der Waals surface area contributed by atoms with Crippen molar-refractivity contribution in [2.75, 3.05) is 5.32 Å². The van der Waals surface area contributed by atoms with E-state index in [4.69, 9.17) is 0 Å². The maximum absolute atomic E-state index is 12.8. The van der Waals surface area contributed by atoms with Gasteiger partial charge in [-0.3, -0.25) is 9.59 Å². The van der Waals surface area contributed by atoms with Crippen molar-refractivity contribution in [1.82, 2.24) is 0 Å². The van der Waals surface area contributed by atoms with E-state index in [2.05, 4.69) is 25.2 Å². The molecular formula is C20H23NO3. The quantitative estimate of drug-likeness (QED) is 0.830. The number of hydrogen-bond acceptors (Lipinski definition) is 2. The van der Waals surface area contributed by atoms with E-state index in [-0.39, 0.29) is 23.2 Å². The normalized spacial score (nSPS) is 31.6. The Bertz CT molecular complexity index is 715. The average molecular weight is 325 g/mol. The molecule has 4 atom stereocenters. The summed E-state index contributed by atoms with van der Waals surface area (Å²) in [6.45, 7) is 4.25. The number of carbonyl (C=O) groups excluding carboxylic acids is 1. The fourth-order valence-electron chi connectivity index (χ4n) is 4.87. The number of nitrogens with one attached hydrogen (secondary N) is 1. The lowest BCUT2D eigenvalue weighted by Crippen LogP contribution is -2.36. The van der Waals surface area contributed by atoms with Crippen LogP contribution in [-0.4, -0.2) is 17.0 Å². The van der Waals surface area contributed by atoms with E-state index in [1.807, 2.05) is 30.3 Å². The van der Waals surface area contributed by atoms with Crippen LogP contribution in [-0.2, 0) is 9.59 Å². The zero-order chi connectivity index (χ0) is 17.1. The number of benzene rings is 1. The van der Waals surface area contributed by atoms with Crippen LogP contribution in [0.25, 0.3) is 0 Å². The van der Waals surface area contributed by atoms with Crippen molar-refractivity contribution in [3.8, 4) is 0 Å². The van der Waals surface area contributed by atoms with Crippen molar-refractivity contribution in [2.45, 2.75) is 32.6 Å². The SMILES string of the molecule is CC(C)c1ccc(NC(=O)C2C(C(=O)O)C3C=CC2C32CC2)cc1. The molecule has 2 N–H and O–H groups in total. The van der Waals surface area contributed by atoms with Gasteiger partial charge in [-0.1, -0.05) is 38.1 Å². The highest BCUT2D eigenvalue weighted by Gasteiger charge is 2.70. The zero-order valence-electron chi connectivity index (χ0n) is 14.0. The first-order chi connectivity index (χ1) is 11.4. The van der Waals surface area contributed by atoms with Crippen molar-refractivity contribution >= 4 is 17.6 Å². The summed E-state index contributed by atoms with van der Waals surface area (Å²) in [7, 11) is 0. The molecule has 0 aromatic heterocycles. The Morgan fingerprint density at radius 1 is 1.08 bits per heavy atom. The van der Waals surface area contributed by atoms with Gasteiger partial charge in [0.2, 0.25) is 5.91 Å². The molecule has 1 aromatic rings. The third-order valence-corrected chi connectivity index (χ3v) is 6.27. The van der Waals surface area contributed by atoms with Gasteiger partial charge in [0.25, 0.3) is 0 Å². The lowest BCUT2D eigenvalue weighted by atomic mass is 9.82. The van der Waals surface area contributed by atoms with Gasteiger partial charge in [0.1, 0.15) is 0 Å². The van der Waals surface area contributed by atoms with Gasteiger partial charge in [-0.25, -0.2) is 0 Å². The Labute approximate surface area is 142 Å². The Balaban J connectivity index is 1.55. The van der Waals surface area contributed by atoms with Crippen LogP contribution in [0, 0.1) is 29.1 Å². The number of rotatable bonds is 4. The molecule has 1 spiro atoms. The van der Waals surface area contributed by atoms with E-state index in [9.17, 15) is 14.7 Å². The molecule has 3 aliphatic rings. The lowest BCUT2D eigenvalue weighted by molar-refractivity contribution is -0.146. The Morgan fingerprint density at radius 2 is 1.67 bits per heavy atom. The van der Waals surface area contributed by atoms with E-state index >= 15 is 0 Å². The van der Waals surface area contributed by atoms with Crippen LogP contribution in [0.3, 0.4) is 0 Å². The predicted octanol–water partition coefficient (Wildman–Crippen LogP) is 3.66. The molecule has 0 aliphatic heterocycles. The summed E-state index contributed by atoms with van der Waals surface area (Å²) in [4.78, 5) is 24.6. The summed E-state index contributed by atoms with van der Waals surface area (Å²) >= 11 is 0. The second-order valence-corrected chi connectivity index (χ2v) is 7.83. The molecule has 0 saturated heterocycles. The van der Waals surface area contributed by atoms with Gasteiger partial charge in [-0.05, 0) is 53.7 Å². The zero-order valence-corrected chi connectivity index (χ0v) is 14.0. The van der Waals surface area contributed by atoms with Crippen molar-refractivity contribution in [2.24, 2.45) is 29.1 Å². The van der Waals surface area contributed by atoms with E-state index in [1.165, 1.54) is 5.56 Å². The topological polar surface area (TPSA) is 66.4 Å². The van der Waals surface area contributed by atoms with Gasteiger partial charge >= 0.3 is 5.97 Å². The number of amides is 1. The highest BCUT2D eigenvalue weighted by molar-refractivity contribution is 5.96. The summed E-state index contributed by atoms with van der Waals surface area (Å²) in [6.07, 6.45) is 6.22. The average Bonchev–Trinajstić information content (AvgIpc) is 3.21. The maximum Gasteiger partial charge on any atom is 0.307 e. The highest BCUT2D eigenvalue weighted by atomic mass is 16.4. The molecule has 24 heavy (non-hydrogen) atoms. The molecule has 4 nitrogen and oxygen atoms in total. The van der Waals surface area contributed by atoms with Crippen LogP contribution in [0.15, 0.2) is 36.4 Å². The van der Waals surface area contributed by atoms with Crippen LogP contribution < -0.4 is 5.32 Å². The van der Waals surface area contributed by atoms with Crippen LogP contribution >= 0.6 is 0 Å². The summed E-state index contributed by atoms with van der Waals surface area (Å²) < 4.78 is 0. The minimum Gasteiger partial charge on any atom is -0.481 e. The largest absolute Gasteiger partial charge is 0.481 e. The van der Waals surface area contributed by atoms with E-state index < -0.39 is 17.8 Å². The standard InChI is InChI=1S/C20H23NO3/c1-11(2)12-3-5-13(6-4-12)21-18(22)16-14-7-8-15(17(16)19(23)24)20(14)9-10-20/h3-8,11,14-17H,9-10H2,1-2H3,(H,21,22)(H,23,24). The molecular weight excluding hydrogens is 302 g/mol. The van der Waals surface area contributed by atoms with Gasteiger partial charge in [0.05, 0.1) is 11.8 Å². The number of anilines is 1.